The number of nitrogens with one attached hydrogen (secondary N) is 1. The van der Waals surface area contributed by atoms with Gasteiger partial charge in [0, 0.05) is 43.4 Å². The van der Waals surface area contributed by atoms with Crippen LogP contribution in [0.3, 0.4) is 0 Å². The number of nitrogens with zero attached hydrogens (tertiary/aromatic N) is 2. The number of ether oxygens (including phenoxy) is 1. The molecule has 1 atom stereocenters. The first kappa shape index (κ1) is 27.4. The van der Waals surface area contributed by atoms with E-state index in [1.165, 1.54) is 4.57 Å². The van der Waals surface area contributed by atoms with Crippen molar-refractivity contribution in [1.82, 2.24) is 14.8 Å². The van der Waals surface area contributed by atoms with E-state index in [1.807, 2.05) is 0 Å². The minimum Gasteiger partial charge on any atom is -0.483 e. The Morgan fingerprint density at radius 2 is 1.77 bits per heavy atom. The SMILES string of the molecule is O=C(NCc1c(F)cc(F)cc1F)c1cn2c(c(OCc3ccccc3)c1=O)C(=O)N1CC2CCCC(F)(F)C1. The van der Waals surface area contributed by atoms with Crippen LogP contribution in [-0.4, -0.2) is 40.3 Å². The molecule has 5 rings (SSSR count). The van der Waals surface area contributed by atoms with Crippen molar-refractivity contribution < 1.29 is 36.3 Å². The van der Waals surface area contributed by atoms with Crippen LogP contribution < -0.4 is 15.5 Å². The predicted molar refractivity (Wildman–Crippen MR) is 133 cm³/mol. The Bertz CT molecular complexity index is 1500. The minimum absolute atomic E-state index is 0.0600. The number of carbonyl (C=O) groups is 2. The van der Waals surface area contributed by atoms with Crippen molar-refractivity contribution in [2.45, 2.75) is 44.4 Å². The van der Waals surface area contributed by atoms with Crippen LogP contribution in [0.4, 0.5) is 22.0 Å². The maximum Gasteiger partial charge on any atom is 0.274 e. The van der Waals surface area contributed by atoms with E-state index >= 15 is 0 Å². The van der Waals surface area contributed by atoms with Gasteiger partial charge >= 0.3 is 0 Å². The Labute approximate surface area is 225 Å². The van der Waals surface area contributed by atoms with Gasteiger partial charge in [-0.05, 0) is 18.4 Å². The molecule has 2 aliphatic rings. The lowest BCUT2D eigenvalue weighted by atomic mass is 9.97. The lowest BCUT2D eigenvalue weighted by Gasteiger charge is -2.40. The van der Waals surface area contributed by atoms with Gasteiger partial charge < -0.3 is 19.5 Å². The van der Waals surface area contributed by atoms with E-state index in [1.54, 1.807) is 30.3 Å². The quantitative estimate of drug-likeness (QED) is 0.447. The molecule has 1 fully saturated rings. The van der Waals surface area contributed by atoms with Crippen molar-refractivity contribution in [3.8, 4) is 5.75 Å². The Kier molecular flexibility index (Phi) is 7.35. The molecule has 0 aliphatic carbocycles. The molecule has 0 spiro atoms. The Morgan fingerprint density at radius 3 is 2.48 bits per heavy atom. The van der Waals surface area contributed by atoms with Crippen molar-refractivity contribution in [3.63, 3.8) is 0 Å². The van der Waals surface area contributed by atoms with Crippen LogP contribution in [0, 0.1) is 17.5 Å². The summed E-state index contributed by atoms with van der Waals surface area (Å²) in [5, 5.41) is 2.26. The summed E-state index contributed by atoms with van der Waals surface area (Å²) in [7, 11) is 0. The van der Waals surface area contributed by atoms with Crippen molar-refractivity contribution in [2.24, 2.45) is 0 Å². The molecule has 1 saturated heterocycles. The molecule has 3 aromatic rings. The third kappa shape index (κ3) is 5.43. The van der Waals surface area contributed by atoms with Gasteiger partial charge in [-0.2, -0.15) is 0 Å². The lowest BCUT2D eigenvalue weighted by Crippen LogP contribution is -2.50. The van der Waals surface area contributed by atoms with Crippen LogP contribution >= 0.6 is 0 Å². The monoisotopic (exact) mass is 561 g/mol. The van der Waals surface area contributed by atoms with Crippen LogP contribution in [0.25, 0.3) is 0 Å². The number of rotatable bonds is 6. The number of pyridine rings is 1. The van der Waals surface area contributed by atoms with Crippen molar-refractivity contribution in [3.05, 3.63) is 98.7 Å². The number of carbonyl (C=O) groups excluding carboxylic acids is 2. The molecular weight excluding hydrogens is 537 g/mol. The zero-order valence-electron chi connectivity index (χ0n) is 21.1. The number of benzene rings is 2. The summed E-state index contributed by atoms with van der Waals surface area (Å²) in [6, 6.07) is 9.05. The van der Waals surface area contributed by atoms with Gasteiger partial charge in [-0.1, -0.05) is 30.3 Å². The van der Waals surface area contributed by atoms with Gasteiger partial charge in [-0.25, -0.2) is 22.0 Å². The highest BCUT2D eigenvalue weighted by atomic mass is 19.3. The van der Waals surface area contributed by atoms with Crippen molar-refractivity contribution in [2.75, 3.05) is 13.1 Å². The van der Waals surface area contributed by atoms with E-state index < -0.39 is 83.0 Å². The summed E-state index contributed by atoms with van der Waals surface area (Å²) in [6.07, 6.45) is 1.10. The molecule has 40 heavy (non-hydrogen) atoms. The third-order valence-corrected chi connectivity index (χ3v) is 7.01. The van der Waals surface area contributed by atoms with Gasteiger partial charge in [0.25, 0.3) is 17.7 Å². The van der Waals surface area contributed by atoms with Gasteiger partial charge in [0.15, 0.2) is 11.4 Å². The summed E-state index contributed by atoms with van der Waals surface area (Å²) < 4.78 is 77.4. The number of halogens is 5. The lowest BCUT2D eigenvalue weighted by molar-refractivity contribution is -0.0488. The summed E-state index contributed by atoms with van der Waals surface area (Å²) in [4.78, 5) is 41.0. The number of amides is 2. The topological polar surface area (TPSA) is 80.6 Å². The summed E-state index contributed by atoms with van der Waals surface area (Å²) in [6.45, 7) is -1.72. The maximum atomic E-state index is 14.4. The van der Waals surface area contributed by atoms with Gasteiger partial charge in [0.2, 0.25) is 5.43 Å². The third-order valence-electron chi connectivity index (χ3n) is 7.01. The van der Waals surface area contributed by atoms with E-state index in [9.17, 15) is 36.3 Å². The molecule has 2 bridgehead atoms. The Morgan fingerprint density at radius 1 is 1.07 bits per heavy atom. The van der Waals surface area contributed by atoms with Crippen LogP contribution in [0.1, 0.15) is 57.3 Å². The average Bonchev–Trinajstić information content (AvgIpc) is 2.88. The number of alkyl halides is 2. The second-order valence-corrected chi connectivity index (χ2v) is 9.85. The van der Waals surface area contributed by atoms with E-state index in [4.69, 9.17) is 4.74 Å². The fraction of sp³-hybridized carbons (Fsp3) is 0.321. The minimum atomic E-state index is -3.10. The number of fused-ring (bicyclic) bond motifs is 4. The smallest absolute Gasteiger partial charge is 0.274 e. The summed E-state index contributed by atoms with van der Waals surface area (Å²) in [5.41, 5.74) is -1.68. The molecule has 2 amide bonds. The second-order valence-electron chi connectivity index (χ2n) is 9.85. The molecule has 7 nitrogen and oxygen atoms in total. The summed E-state index contributed by atoms with van der Waals surface area (Å²) in [5.74, 6) is -9.00. The van der Waals surface area contributed by atoms with Crippen molar-refractivity contribution >= 4 is 11.8 Å². The molecule has 210 valence electrons. The van der Waals surface area contributed by atoms with E-state index in [0.29, 0.717) is 17.7 Å². The predicted octanol–water partition coefficient (Wildman–Crippen LogP) is 4.59. The van der Waals surface area contributed by atoms with Crippen LogP contribution in [-0.2, 0) is 13.2 Å². The largest absolute Gasteiger partial charge is 0.483 e. The Hall–Kier alpha value is -4.22. The summed E-state index contributed by atoms with van der Waals surface area (Å²) >= 11 is 0. The fourth-order valence-corrected chi connectivity index (χ4v) is 5.03. The molecule has 1 aromatic heterocycles. The molecule has 2 aromatic carbocycles. The molecule has 1 N–H and O–H groups in total. The zero-order valence-corrected chi connectivity index (χ0v) is 21.1. The second kappa shape index (κ2) is 10.7. The maximum absolute atomic E-state index is 14.4. The van der Waals surface area contributed by atoms with Crippen molar-refractivity contribution in [1.29, 1.82) is 0 Å². The molecule has 12 heteroatoms. The van der Waals surface area contributed by atoms with E-state index in [-0.39, 0.29) is 31.7 Å². The normalized spacial score (nSPS) is 18.0. The van der Waals surface area contributed by atoms with Gasteiger partial charge in [-0.3, -0.25) is 14.4 Å². The Balaban J connectivity index is 1.54. The number of hydrogen-bond donors (Lipinski definition) is 1. The highest BCUT2D eigenvalue weighted by Crippen LogP contribution is 2.36. The van der Waals surface area contributed by atoms with Crippen LogP contribution in [0.2, 0.25) is 0 Å². The van der Waals surface area contributed by atoms with Gasteiger partial charge in [-0.15, -0.1) is 0 Å². The molecule has 2 aliphatic heterocycles. The number of hydrogen-bond acceptors (Lipinski definition) is 4. The average molecular weight is 562 g/mol. The van der Waals surface area contributed by atoms with Gasteiger partial charge in [0.05, 0.1) is 12.6 Å². The number of aromatic nitrogens is 1. The molecular formula is C28H24F5N3O4. The molecule has 0 radical (unpaired) electrons. The van der Waals surface area contributed by atoms with Crippen LogP contribution in [0.5, 0.6) is 5.75 Å². The fourth-order valence-electron chi connectivity index (χ4n) is 5.03. The highest BCUT2D eigenvalue weighted by molar-refractivity contribution is 5.99. The van der Waals surface area contributed by atoms with E-state index in [2.05, 4.69) is 5.32 Å². The first-order valence-electron chi connectivity index (χ1n) is 12.6. The van der Waals surface area contributed by atoms with Gasteiger partial charge in [0.1, 0.15) is 29.6 Å². The van der Waals surface area contributed by atoms with E-state index in [0.717, 1.165) is 11.1 Å². The van der Waals surface area contributed by atoms with Crippen LogP contribution in [0.15, 0.2) is 53.5 Å². The first-order chi connectivity index (χ1) is 19.0. The zero-order chi connectivity index (χ0) is 28.6. The highest BCUT2D eigenvalue weighted by Gasteiger charge is 2.43. The standard InChI is InChI=1S/C28H24F5N3O4/c29-17-9-21(30)19(22(31)10-17)11-34-26(38)20-13-36-18-7-4-8-28(32,33)15-35(12-18)27(39)23(36)25(24(20)37)40-14-16-5-2-1-3-6-16/h1-3,5-6,9-10,13,18H,4,7-8,11-12,14-15H2,(H,34,38). The molecule has 1 unspecified atom stereocenters. The molecule has 0 saturated carbocycles. The molecule has 3 heterocycles. The first-order valence-corrected chi connectivity index (χ1v) is 12.6.